The molecule has 2 rings (SSSR count). The zero-order chi connectivity index (χ0) is 20.9. The van der Waals surface area contributed by atoms with E-state index in [1.54, 1.807) is 11.3 Å². The predicted octanol–water partition coefficient (Wildman–Crippen LogP) is 5.06. The number of allylic oxidation sites excluding steroid dienone is 1. The van der Waals surface area contributed by atoms with Gasteiger partial charge < -0.3 is 9.64 Å². The summed E-state index contributed by atoms with van der Waals surface area (Å²) in [6.45, 7) is 24.1. The fourth-order valence-electron chi connectivity index (χ4n) is 3.96. The molecule has 0 bridgehead atoms. The molecular weight excluding hydrogens is 364 g/mol. The van der Waals surface area contributed by atoms with Crippen LogP contribution in [0.25, 0.3) is 12.2 Å². The quantitative estimate of drug-likeness (QED) is 0.577. The minimum absolute atomic E-state index is 0.247. The van der Waals surface area contributed by atoms with Crippen LogP contribution in [0.4, 0.5) is 5.13 Å². The van der Waals surface area contributed by atoms with Crippen molar-refractivity contribution < 1.29 is 4.74 Å². The van der Waals surface area contributed by atoms with Crippen LogP contribution in [0.1, 0.15) is 67.2 Å². The minimum atomic E-state index is -0.247. The number of unbranched alkanes of at least 4 members (excludes halogenated alkanes) is 1. The van der Waals surface area contributed by atoms with Gasteiger partial charge in [0.2, 0.25) is 0 Å². The molecule has 0 aliphatic carbocycles. The van der Waals surface area contributed by atoms with Crippen LogP contribution in [0.15, 0.2) is 23.8 Å². The van der Waals surface area contributed by atoms with E-state index in [-0.39, 0.29) is 5.60 Å². The van der Waals surface area contributed by atoms with E-state index < -0.39 is 0 Å². The Morgan fingerprint density at radius 3 is 2.71 bits per heavy atom. The Hall–Kier alpha value is -1.39. The molecule has 1 aromatic heterocycles. The van der Waals surface area contributed by atoms with Crippen LogP contribution in [0.2, 0.25) is 0 Å². The van der Waals surface area contributed by atoms with Crippen LogP contribution in [0, 0.1) is 5.92 Å². The number of rotatable bonds is 9. The first-order valence-electron chi connectivity index (χ1n) is 10.7. The summed E-state index contributed by atoms with van der Waals surface area (Å²) in [5, 5.41) is 2.00. The van der Waals surface area contributed by atoms with E-state index in [1.165, 1.54) is 34.9 Å². The van der Waals surface area contributed by atoms with Crippen LogP contribution in [0.3, 0.4) is 0 Å². The Balaban J connectivity index is 2.20. The Labute approximate surface area is 175 Å². The highest BCUT2D eigenvalue weighted by Crippen LogP contribution is 2.37. The average molecular weight is 403 g/mol. The summed E-state index contributed by atoms with van der Waals surface area (Å²) >= 11 is 1.79. The summed E-state index contributed by atoms with van der Waals surface area (Å²) in [4.78, 5) is 7.18. The molecule has 0 amide bonds. The van der Waals surface area contributed by atoms with E-state index in [2.05, 4.69) is 65.7 Å². The summed E-state index contributed by atoms with van der Waals surface area (Å²) in [6, 6.07) is 0. The van der Waals surface area contributed by atoms with Crippen molar-refractivity contribution in [1.82, 2.24) is 4.98 Å². The number of ether oxygens (including phenoxy) is 1. The van der Waals surface area contributed by atoms with E-state index in [0.29, 0.717) is 12.5 Å². The van der Waals surface area contributed by atoms with Gasteiger partial charge in [0.25, 0.3) is 0 Å². The molecular formula is C24H38N2OS. The summed E-state index contributed by atoms with van der Waals surface area (Å²) < 4.78 is 7.36. The third kappa shape index (κ3) is 4.96. The molecule has 2 atom stereocenters. The fourth-order valence-corrected chi connectivity index (χ4v) is 5.18. The Morgan fingerprint density at radius 2 is 2.11 bits per heavy atom. The van der Waals surface area contributed by atoms with Gasteiger partial charge in [0.05, 0.1) is 22.1 Å². The molecule has 2 heterocycles. The van der Waals surface area contributed by atoms with Crippen molar-refractivity contribution in [3.8, 4) is 0 Å². The summed E-state index contributed by atoms with van der Waals surface area (Å²) in [7, 11) is 0. The standard InChI is InChI=1S/C24H38N2OS/c1-9-12-13-17(4)19(6)22-20(7)25-23(28-22)26(11-3)15-14-24(8)21(10-2)18(5)16-27-24/h10,17H,5,7,9,11-16H2,1-4,6,8H3/b21-10+,22-19-. The molecule has 0 spiro atoms. The zero-order valence-corrected chi connectivity index (χ0v) is 19.5. The van der Waals surface area contributed by atoms with Crippen molar-refractivity contribution in [3.05, 3.63) is 33.7 Å². The van der Waals surface area contributed by atoms with Crippen molar-refractivity contribution in [1.29, 1.82) is 0 Å². The van der Waals surface area contributed by atoms with Gasteiger partial charge in [-0.25, -0.2) is 4.98 Å². The molecule has 0 radical (unpaired) electrons. The largest absolute Gasteiger partial charge is 0.366 e. The van der Waals surface area contributed by atoms with Crippen molar-refractivity contribution in [2.45, 2.75) is 72.8 Å². The molecule has 0 aromatic carbocycles. The number of hydrogen-bond donors (Lipinski definition) is 0. The monoisotopic (exact) mass is 402 g/mol. The molecule has 1 fully saturated rings. The molecule has 28 heavy (non-hydrogen) atoms. The molecule has 2 unspecified atom stereocenters. The maximum atomic E-state index is 6.10. The van der Waals surface area contributed by atoms with Crippen molar-refractivity contribution in [2.24, 2.45) is 5.92 Å². The van der Waals surface area contributed by atoms with Gasteiger partial charge in [0.15, 0.2) is 5.13 Å². The second-order valence-electron chi connectivity index (χ2n) is 8.15. The third-order valence-corrected chi connectivity index (χ3v) is 7.38. The van der Waals surface area contributed by atoms with E-state index >= 15 is 0 Å². The molecule has 0 N–H and O–H groups in total. The Morgan fingerprint density at radius 1 is 1.39 bits per heavy atom. The predicted molar refractivity (Wildman–Crippen MR) is 124 cm³/mol. The SMILES string of the molecule is C=C1COC(C)(CCN(CC)c2nc(=C)/c(=C(\C)C(C)CCCC)s2)/C1=C/C. The normalized spacial score (nSPS) is 23.4. The number of anilines is 1. The first-order valence-corrected chi connectivity index (χ1v) is 11.5. The maximum Gasteiger partial charge on any atom is 0.186 e. The molecule has 1 aromatic rings. The lowest BCUT2D eigenvalue weighted by Gasteiger charge is -2.29. The van der Waals surface area contributed by atoms with E-state index in [4.69, 9.17) is 9.72 Å². The van der Waals surface area contributed by atoms with Crippen LogP contribution in [0.5, 0.6) is 0 Å². The first-order chi connectivity index (χ1) is 13.3. The van der Waals surface area contributed by atoms with Gasteiger partial charge in [-0.15, -0.1) is 0 Å². The summed E-state index contributed by atoms with van der Waals surface area (Å²) in [5.74, 6) is 0.581. The highest BCUT2D eigenvalue weighted by molar-refractivity contribution is 7.13. The van der Waals surface area contributed by atoms with Gasteiger partial charge in [-0.1, -0.05) is 62.8 Å². The summed E-state index contributed by atoms with van der Waals surface area (Å²) in [6.07, 6.45) is 6.83. The third-order valence-electron chi connectivity index (χ3n) is 6.09. The lowest BCUT2D eigenvalue weighted by Crippen LogP contribution is -2.34. The molecule has 4 heteroatoms. The average Bonchev–Trinajstić information content (AvgIpc) is 3.19. The molecule has 156 valence electrons. The number of thiazole rings is 1. The molecule has 1 saturated heterocycles. The fraction of sp³-hybridized carbons (Fsp3) is 0.625. The minimum Gasteiger partial charge on any atom is -0.366 e. The smallest absolute Gasteiger partial charge is 0.186 e. The second-order valence-corrected chi connectivity index (χ2v) is 9.13. The number of nitrogens with zero attached hydrogens (tertiary/aromatic N) is 2. The van der Waals surface area contributed by atoms with Crippen molar-refractivity contribution >= 4 is 28.6 Å². The topological polar surface area (TPSA) is 25.4 Å². The van der Waals surface area contributed by atoms with Crippen LogP contribution in [-0.2, 0) is 4.74 Å². The lowest BCUT2D eigenvalue weighted by molar-refractivity contribution is 0.0373. The van der Waals surface area contributed by atoms with Crippen molar-refractivity contribution in [3.63, 3.8) is 0 Å². The Kier molecular flexibility index (Phi) is 8.08. The zero-order valence-electron chi connectivity index (χ0n) is 18.7. The highest BCUT2D eigenvalue weighted by Gasteiger charge is 2.37. The van der Waals surface area contributed by atoms with E-state index in [9.17, 15) is 0 Å². The summed E-state index contributed by atoms with van der Waals surface area (Å²) in [5.41, 5.74) is 3.53. The molecule has 3 nitrogen and oxygen atoms in total. The van der Waals surface area contributed by atoms with Gasteiger partial charge in [-0.3, -0.25) is 0 Å². The van der Waals surface area contributed by atoms with Crippen LogP contribution in [-0.4, -0.2) is 30.3 Å². The molecule has 0 saturated carbocycles. The van der Waals surface area contributed by atoms with Crippen LogP contribution < -0.4 is 14.8 Å². The van der Waals surface area contributed by atoms with E-state index in [1.807, 2.05) is 0 Å². The number of hydrogen-bond acceptors (Lipinski definition) is 4. The van der Waals surface area contributed by atoms with Gasteiger partial charge in [0.1, 0.15) is 0 Å². The highest BCUT2D eigenvalue weighted by atomic mass is 32.1. The van der Waals surface area contributed by atoms with Crippen LogP contribution >= 0.6 is 11.3 Å². The lowest BCUT2D eigenvalue weighted by atomic mass is 9.90. The van der Waals surface area contributed by atoms with Gasteiger partial charge >= 0.3 is 0 Å². The van der Waals surface area contributed by atoms with Gasteiger partial charge in [0, 0.05) is 13.1 Å². The molecule has 1 aliphatic rings. The van der Waals surface area contributed by atoms with Crippen molar-refractivity contribution in [2.75, 3.05) is 24.6 Å². The number of aromatic nitrogens is 1. The first kappa shape index (κ1) is 22.9. The Bertz CT molecular complexity index is 822. The second kappa shape index (κ2) is 9.89. The van der Waals surface area contributed by atoms with Gasteiger partial charge in [-0.05, 0) is 57.6 Å². The molecule has 1 aliphatic heterocycles. The maximum absolute atomic E-state index is 6.10. The van der Waals surface area contributed by atoms with E-state index in [0.717, 1.165) is 35.6 Å². The van der Waals surface area contributed by atoms with Gasteiger partial charge in [-0.2, -0.15) is 0 Å².